The third kappa shape index (κ3) is 36.7. The number of hydrogen-bond acceptors (Lipinski definition) is 16. The van der Waals surface area contributed by atoms with Gasteiger partial charge in [0.2, 0.25) is 0 Å². The predicted molar refractivity (Wildman–Crippen MR) is 593 cm³/mol. The van der Waals surface area contributed by atoms with E-state index >= 15 is 22.8 Å². The summed E-state index contributed by atoms with van der Waals surface area (Å²) in [7, 11) is -23.0. The van der Waals surface area contributed by atoms with E-state index in [0.717, 1.165) is 127 Å². The lowest BCUT2D eigenvalue weighted by Crippen LogP contribution is -2.69. The predicted octanol–water partition coefficient (Wildman–Crippen LogP) is 31.3. The molecule has 1 aromatic rings. The summed E-state index contributed by atoms with van der Waals surface area (Å²) >= 11 is 0. The zero-order valence-electron chi connectivity index (χ0n) is 92.6. The number of allylic oxidation sites excluding steroid dienone is 12. The lowest BCUT2D eigenvalue weighted by Gasteiger charge is -2.51. The van der Waals surface area contributed by atoms with Gasteiger partial charge in [0.1, 0.15) is 18.3 Å². The molecular weight excluding hydrogens is 1890 g/mol. The smallest absolute Gasteiger partial charge is 0.471 e. The first kappa shape index (κ1) is 127. The zero-order chi connectivity index (χ0) is 103. The molecule has 0 spiro atoms. The van der Waals surface area contributed by atoms with Gasteiger partial charge >= 0.3 is 18.1 Å². The maximum atomic E-state index is 16.6. The maximum Gasteiger partial charge on any atom is 0.471 e. The molecule has 1 fully saturated rings. The summed E-state index contributed by atoms with van der Waals surface area (Å²) in [5, 5.41) is 2.51. The van der Waals surface area contributed by atoms with Crippen LogP contribution in [0.1, 0.15) is 270 Å². The quantitative estimate of drug-likeness (QED) is 0.0369. The summed E-state index contributed by atoms with van der Waals surface area (Å²) in [5.74, 6) is -3.03. The number of esters is 1. The molecule has 1 saturated heterocycles. The van der Waals surface area contributed by atoms with Crippen molar-refractivity contribution in [1.82, 2.24) is 5.32 Å². The van der Waals surface area contributed by atoms with Crippen LogP contribution in [0.4, 0.5) is 13.2 Å². The van der Waals surface area contributed by atoms with Crippen molar-refractivity contribution in [2.45, 2.75) is 521 Å². The van der Waals surface area contributed by atoms with Gasteiger partial charge in [-0.3, -0.25) is 14.4 Å². The van der Waals surface area contributed by atoms with E-state index in [9.17, 15) is 4.79 Å². The van der Waals surface area contributed by atoms with Crippen molar-refractivity contribution in [3.05, 3.63) is 133 Å². The van der Waals surface area contributed by atoms with Crippen molar-refractivity contribution >= 4 is 92.5 Å². The molecule has 1 N–H and O–H groups in total. The Kier molecular flexibility index (Phi) is 57.9. The van der Waals surface area contributed by atoms with Crippen LogP contribution in [0.3, 0.4) is 0 Å². The fourth-order valence-corrected chi connectivity index (χ4v) is 47.6. The first-order chi connectivity index (χ1) is 65.8. The Morgan fingerprint density at radius 2 is 0.732 bits per heavy atom. The monoisotopic (exact) mass is 2090 g/mol. The van der Waals surface area contributed by atoms with Crippen LogP contribution in [0.25, 0.3) is 0 Å². The van der Waals surface area contributed by atoms with E-state index in [4.69, 9.17) is 58.8 Å². The van der Waals surface area contributed by atoms with Crippen molar-refractivity contribution in [2.75, 3.05) is 0 Å². The molecule has 0 saturated carbocycles. The van der Waals surface area contributed by atoms with Gasteiger partial charge in [-0.05, 0) is 208 Å². The first-order valence-electron chi connectivity index (χ1n) is 55.4. The van der Waals surface area contributed by atoms with E-state index in [1.165, 1.54) is 0 Å². The lowest BCUT2D eigenvalue weighted by atomic mass is 9.82. The number of carbonyl (C=O) groups excluding carboxylic acids is 3. The van der Waals surface area contributed by atoms with Gasteiger partial charge in [0.15, 0.2) is 86.9 Å². The molecule has 138 heavy (non-hydrogen) atoms. The van der Waals surface area contributed by atoms with E-state index < -0.39 is 172 Å². The van der Waals surface area contributed by atoms with Gasteiger partial charge in [-0.1, -0.05) is 316 Å². The van der Waals surface area contributed by atoms with E-state index in [1.54, 1.807) is 6.92 Å². The molecule has 29 heteroatoms. The summed E-state index contributed by atoms with van der Waals surface area (Å²) in [5.41, 5.74) is 0.492. The average molecular weight is 2090 g/mol. The van der Waals surface area contributed by atoms with E-state index in [-0.39, 0.29) is 48.6 Å². The fourth-order valence-electron chi connectivity index (χ4n) is 21.6. The number of halogens is 3. The molecule has 794 valence electrons. The molecule has 0 aliphatic carbocycles. The molecule has 0 unspecified atom stereocenters. The number of amides is 1. The number of alkyl halides is 3. The molecule has 1 aromatic carbocycles. The van der Waals surface area contributed by atoms with Crippen LogP contribution in [-0.4, -0.2) is 190 Å². The molecule has 4 rings (SSSR count). The van der Waals surface area contributed by atoms with Crippen LogP contribution >= 0.6 is 0 Å². The van der Waals surface area contributed by atoms with Gasteiger partial charge in [-0.2, -0.15) is 13.2 Å². The van der Waals surface area contributed by atoms with Crippen LogP contribution in [0, 0.1) is 17.8 Å². The van der Waals surface area contributed by atoms with Gasteiger partial charge in [0, 0.05) is 36.8 Å². The number of Topliss-reactive ketones (excluding diaryl/α,β-unsaturated/α-hetero) is 1. The SMILES string of the molecule is CC[Si](CC)(CC)O[C@@H]1CC[C@@H](O[Si](CC)(CC)CC)[C@H](O[Si](CC)(CC)CC)C[C@H](O[Si](CC)(CC)CC)CC2=C[C@H](O[Si](CC)(CC)CC)[C@@H](C(=O)c3ccccc3)[C@H](C[C@@H](O[C@@H]3O[C@H](C)[C@@H](O[Si](CC)(CC)CC)[C@H](NC(=O)C(F)(F)F)[C@@H]3O[Si](CC)(CC)CC)C=CC=CC=CC=CC=CC=CC=C[C@H](C)[C@@H](O[Si](CC)(CC)CC)[C@H](C)[C@H](C)OC(=O)C[C@H](O[Si](CC)(CC)CC)C1)O2. The lowest BCUT2D eigenvalue weighted by molar-refractivity contribution is -0.276. The highest BCUT2D eigenvalue weighted by Crippen LogP contribution is 2.45. The molecule has 0 radical (unpaired) electrons. The first-order valence-corrected chi connectivity index (χ1v) is 78.2. The van der Waals surface area contributed by atoms with Gasteiger partial charge in [0.05, 0.1) is 79.1 Å². The Morgan fingerprint density at radius 1 is 0.377 bits per heavy atom. The second-order valence-corrected chi connectivity index (χ2v) is 82.8. The van der Waals surface area contributed by atoms with E-state index in [0.29, 0.717) is 79.7 Å². The van der Waals surface area contributed by atoms with Crippen molar-refractivity contribution in [3.63, 3.8) is 0 Å². The molecule has 1 amide bonds. The highest BCUT2D eigenvalue weighted by atomic mass is 28.4. The standard InChI is InChI=1S/C109H200F3NO16Si9/c1-32-130(33-2,34-3)121-92-78-79-96(124-133(41-10,42-11)43-12)97(125-134(44-13,45-14)46-15)84-94(122-131(35-4,36-5)37-6)81-93-83-99(126-135(47-16,48-17)49-18)101(103(115)90-75-71-69-72-76-90)98(119-93)82-91(120-107-106(129-138(56-25,57-26)58-27)102(113-108(116)109(110,111)112)105(89(31)118-107)128-137(53-22,54-23)55-24)77-73-68-66-64-62-60-59-61-63-65-67-70-74-86(28)104(127-136(50-19,51-20)52-21)87(29)88(30)117-100(114)85-95(80-92)123-132(38-7,39-8)40-9/h59-77,83,86-89,91-92,94-99,101-102,104-107H,32-58,78-82,84-85H2,1-31H3,(H,113,116)/t86-,87+,88-,89+,91-,92+,94+,95+,96+,97+,98-,99-,101-,102-,104+,105+,106-,107-/m0/s1. The van der Waals surface area contributed by atoms with Crippen LogP contribution < -0.4 is 5.32 Å². The molecule has 0 aromatic heterocycles. The molecular formula is C109H200F3NO16Si9. The van der Waals surface area contributed by atoms with E-state index in [1.807, 2.05) is 103 Å². The van der Waals surface area contributed by atoms with Crippen LogP contribution in [0.15, 0.2) is 127 Å². The summed E-state index contributed by atoms with van der Waals surface area (Å²) < 4.78 is 146. The van der Waals surface area contributed by atoms with Crippen molar-refractivity contribution < 1.29 is 86.3 Å². The maximum absolute atomic E-state index is 16.6. The third-order valence-electron chi connectivity index (χ3n) is 34.0. The van der Waals surface area contributed by atoms with Crippen molar-refractivity contribution in [3.8, 4) is 0 Å². The Morgan fingerprint density at radius 3 is 1.14 bits per heavy atom. The van der Waals surface area contributed by atoms with Gasteiger partial charge in [-0.25, -0.2) is 0 Å². The fraction of sp³-hybridized carbons (Fsp3) is 0.771. The van der Waals surface area contributed by atoms with Crippen LogP contribution in [0.2, 0.25) is 163 Å². The summed E-state index contributed by atoms with van der Waals surface area (Å²) in [6, 6.07) is 30.8. The number of ketones is 1. The number of cyclic esters (lactones) is 1. The molecule has 18 atom stereocenters. The van der Waals surface area contributed by atoms with Gasteiger partial charge < -0.3 is 64.1 Å². The Bertz CT molecular complexity index is 3760. The second kappa shape index (κ2) is 62.9. The van der Waals surface area contributed by atoms with Crippen LogP contribution in [0.5, 0.6) is 0 Å². The third-order valence-corrected chi connectivity index (χ3v) is 76.0. The molecule has 3 heterocycles. The Labute approximate surface area is 849 Å². The minimum atomic E-state index is -5.26. The topological polar surface area (TPSA) is 183 Å². The molecule has 3 aliphatic rings. The van der Waals surface area contributed by atoms with Crippen LogP contribution in [-0.2, 0) is 68.4 Å². The summed E-state index contributed by atoms with van der Waals surface area (Å²) in [6.07, 6.45) is 17.0. The normalized spacial score (nSPS) is 26.2. The Balaban J connectivity index is 2.41. The highest BCUT2D eigenvalue weighted by molar-refractivity contribution is 6.77. The number of carbonyl (C=O) groups is 3. The minimum absolute atomic E-state index is 0.0130. The number of benzene rings is 1. The average Bonchev–Trinajstić information content (AvgIpc) is 0.765. The summed E-state index contributed by atoms with van der Waals surface area (Å²) in [6.45, 7) is 68.7. The molecule has 2 bridgehead atoms. The molecule has 3 aliphatic heterocycles. The molecule has 17 nitrogen and oxygen atoms in total. The highest BCUT2D eigenvalue weighted by Gasteiger charge is 2.56. The minimum Gasteiger partial charge on any atom is -0.494 e. The Hall–Kier alpha value is -3.15. The second-order valence-electron chi connectivity index (χ2n) is 40.3. The number of nitrogens with one attached hydrogen (secondary N) is 1. The number of rotatable bonds is 50. The number of ether oxygens (including phenoxy) is 4. The number of fused-ring (bicyclic) bond motifs is 2. The van der Waals surface area contributed by atoms with E-state index in [2.05, 4.69) is 231 Å². The zero-order valence-corrected chi connectivity index (χ0v) is 102. The van der Waals surface area contributed by atoms with Gasteiger partial charge in [-0.15, -0.1) is 0 Å². The number of hydrogen-bond donors (Lipinski definition) is 1. The van der Waals surface area contributed by atoms with Crippen molar-refractivity contribution in [1.29, 1.82) is 0 Å². The van der Waals surface area contributed by atoms with Gasteiger partial charge in [0.25, 0.3) is 0 Å². The van der Waals surface area contributed by atoms with Crippen molar-refractivity contribution in [2.24, 2.45) is 17.8 Å². The summed E-state index contributed by atoms with van der Waals surface area (Å²) in [4.78, 5) is 46.0. The largest absolute Gasteiger partial charge is 0.494 e.